The highest BCUT2D eigenvalue weighted by molar-refractivity contribution is 7.15. The molecule has 0 amide bonds. The van der Waals surface area contributed by atoms with Gasteiger partial charge in [0, 0.05) is 43.3 Å². The minimum absolute atomic E-state index is 0.216. The maximum atomic E-state index is 8.82. The molecule has 1 saturated heterocycles. The van der Waals surface area contributed by atoms with Gasteiger partial charge in [-0.3, -0.25) is 4.90 Å². The predicted octanol–water partition coefficient (Wildman–Crippen LogP) is 3.48. The number of benzene rings is 1. The van der Waals surface area contributed by atoms with Crippen LogP contribution in [0.1, 0.15) is 29.8 Å². The summed E-state index contributed by atoms with van der Waals surface area (Å²) in [5.74, 6) is 0. The van der Waals surface area contributed by atoms with Crippen molar-refractivity contribution in [3.05, 3.63) is 40.9 Å². The highest BCUT2D eigenvalue weighted by Gasteiger charge is 2.21. The van der Waals surface area contributed by atoms with Crippen molar-refractivity contribution in [2.75, 3.05) is 26.3 Å². The third kappa shape index (κ3) is 4.63. The van der Waals surface area contributed by atoms with Gasteiger partial charge in [0.25, 0.3) is 0 Å². The summed E-state index contributed by atoms with van der Waals surface area (Å²) < 4.78 is 5.81. The van der Waals surface area contributed by atoms with Crippen LogP contribution >= 0.6 is 11.3 Å². The van der Waals surface area contributed by atoms with Crippen molar-refractivity contribution in [1.82, 2.24) is 9.88 Å². The summed E-state index contributed by atoms with van der Waals surface area (Å²) in [6, 6.07) is 10.4. The van der Waals surface area contributed by atoms with Crippen molar-refractivity contribution in [2.24, 2.45) is 0 Å². The third-order valence-electron chi connectivity index (χ3n) is 4.47. The zero-order chi connectivity index (χ0) is 16.8. The molecule has 1 aliphatic heterocycles. The van der Waals surface area contributed by atoms with Gasteiger partial charge in [-0.25, -0.2) is 4.98 Å². The van der Waals surface area contributed by atoms with E-state index < -0.39 is 0 Å². The van der Waals surface area contributed by atoms with E-state index in [-0.39, 0.29) is 6.61 Å². The number of ether oxygens (including phenoxy) is 1. The monoisotopic (exact) mass is 346 g/mol. The second kappa shape index (κ2) is 8.72. The summed E-state index contributed by atoms with van der Waals surface area (Å²) in [4.78, 5) is 8.62. The van der Waals surface area contributed by atoms with Gasteiger partial charge < -0.3 is 9.84 Å². The van der Waals surface area contributed by atoms with Crippen LogP contribution in [-0.4, -0.2) is 47.4 Å². The predicted molar refractivity (Wildman–Crippen MR) is 98.2 cm³/mol. The van der Waals surface area contributed by atoms with Crippen LogP contribution in [0, 0.1) is 6.92 Å². The molecule has 0 aliphatic carbocycles. The van der Waals surface area contributed by atoms with Crippen LogP contribution in [0.3, 0.4) is 0 Å². The molecule has 5 heteroatoms. The Morgan fingerprint density at radius 2 is 2.00 bits per heavy atom. The number of aliphatic hydroxyl groups is 1. The molecule has 1 aliphatic rings. The van der Waals surface area contributed by atoms with Gasteiger partial charge in [0.05, 0.1) is 11.8 Å². The molecule has 0 spiro atoms. The number of piperidine rings is 1. The van der Waals surface area contributed by atoms with Gasteiger partial charge in [-0.2, -0.15) is 0 Å². The lowest BCUT2D eigenvalue weighted by Crippen LogP contribution is -2.36. The molecule has 3 rings (SSSR count). The highest BCUT2D eigenvalue weighted by Crippen LogP contribution is 2.29. The smallest absolute Gasteiger partial charge is 0.123 e. The van der Waals surface area contributed by atoms with Gasteiger partial charge in [-0.05, 0) is 26.2 Å². The van der Waals surface area contributed by atoms with Crippen LogP contribution in [0.25, 0.3) is 10.6 Å². The zero-order valence-corrected chi connectivity index (χ0v) is 15.1. The molecule has 1 N–H and O–H groups in total. The molecule has 24 heavy (non-hydrogen) atoms. The van der Waals surface area contributed by atoms with E-state index in [1.807, 2.05) is 17.4 Å². The normalized spacial score (nSPS) is 16.6. The molecular formula is C19H26N2O2S. The fraction of sp³-hybridized carbons (Fsp3) is 0.526. The van der Waals surface area contributed by atoms with Crippen LogP contribution < -0.4 is 0 Å². The van der Waals surface area contributed by atoms with Crippen LogP contribution in [0.5, 0.6) is 0 Å². The van der Waals surface area contributed by atoms with Crippen molar-refractivity contribution in [3.8, 4) is 10.6 Å². The average Bonchev–Trinajstić information content (AvgIpc) is 2.98. The van der Waals surface area contributed by atoms with Gasteiger partial charge in [0.2, 0.25) is 0 Å². The molecule has 0 radical (unpaired) electrons. The molecule has 130 valence electrons. The van der Waals surface area contributed by atoms with Gasteiger partial charge in [0.15, 0.2) is 0 Å². The maximum Gasteiger partial charge on any atom is 0.123 e. The Balaban J connectivity index is 1.53. The van der Waals surface area contributed by atoms with Crippen molar-refractivity contribution < 1.29 is 9.84 Å². The van der Waals surface area contributed by atoms with E-state index in [2.05, 4.69) is 36.1 Å². The Bertz CT molecular complexity index is 622. The Hall–Kier alpha value is -1.27. The summed E-state index contributed by atoms with van der Waals surface area (Å²) in [6.07, 6.45) is 3.25. The minimum atomic E-state index is 0.216. The first-order valence-corrected chi connectivity index (χ1v) is 9.54. The van der Waals surface area contributed by atoms with E-state index >= 15 is 0 Å². The molecule has 2 aromatic rings. The number of thiazole rings is 1. The molecular weight excluding hydrogens is 320 g/mol. The number of rotatable bonds is 7. The number of nitrogens with zero attached hydrogens (tertiary/aromatic N) is 2. The van der Waals surface area contributed by atoms with E-state index in [1.54, 1.807) is 0 Å². The fourth-order valence-electron chi connectivity index (χ4n) is 3.03. The van der Waals surface area contributed by atoms with Crippen molar-refractivity contribution >= 4 is 11.3 Å². The standard InChI is InChI=1S/C19H26N2O2S/c1-15-18(24-19(20-15)16-6-3-2-4-7-16)14-21-10-8-17(9-11-21)23-13-5-12-22/h2-4,6-7,17,22H,5,8-14H2,1H3. The quantitative estimate of drug-likeness (QED) is 0.780. The maximum absolute atomic E-state index is 8.82. The van der Waals surface area contributed by atoms with E-state index in [0.29, 0.717) is 12.7 Å². The van der Waals surface area contributed by atoms with Gasteiger partial charge in [-0.15, -0.1) is 11.3 Å². The summed E-state index contributed by atoms with van der Waals surface area (Å²) in [5.41, 5.74) is 2.35. The molecule has 1 aromatic carbocycles. The Labute approximate surface area is 148 Å². The number of hydrogen-bond acceptors (Lipinski definition) is 5. The van der Waals surface area contributed by atoms with Gasteiger partial charge in [0.1, 0.15) is 5.01 Å². The SMILES string of the molecule is Cc1nc(-c2ccccc2)sc1CN1CCC(OCCCO)CC1. The first kappa shape index (κ1) is 17.5. The summed E-state index contributed by atoms with van der Waals surface area (Å²) >= 11 is 1.81. The summed E-state index contributed by atoms with van der Waals surface area (Å²) in [6.45, 7) is 6.13. The van der Waals surface area contributed by atoms with Gasteiger partial charge >= 0.3 is 0 Å². The number of likely N-dealkylation sites (tertiary alicyclic amines) is 1. The number of hydrogen-bond donors (Lipinski definition) is 1. The van der Waals surface area contributed by atoms with Crippen LogP contribution in [0.4, 0.5) is 0 Å². The second-order valence-corrected chi connectivity index (χ2v) is 7.40. The fourth-order valence-corrected chi connectivity index (χ4v) is 4.14. The molecule has 0 saturated carbocycles. The number of aromatic nitrogens is 1. The first-order chi connectivity index (χ1) is 11.8. The van der Waals surface area contributed by atoms with E-state index in [4.69, 9.17) is 14.8 Å². The topological polar surface area (TPSA) is 45.6 Å². The van der Waals surface area contributed by atoms with Gasteiger partial charge in [-0.1, -0.05) is 30.3 Å². The van der Waals surface area contributed by atoms with Crippen LogP contribution in [-0.2, 0) is 11.3 Å². The minimum Gasteiger partial charge on any atom is -0.396 e. The molecule has 1 aromatic heterocycles. The Kier molecular flexibility index (Phi) is 6.37. The second-order valence-electron chi connectivity index (χ2n) is 6.32. The molecule has 0 atom stereocenters. The Morgan fingerprint density at radius 1 is 1.25 bits per heavy atom. The van der Waals surface area contributed by atoms with Crippen molar-refractivity contribution in [2.45, 2.75) is 38.8 Å². The molecule has 0 unspecified atom stereocenters. The van der Waals surface area contributed by atoms with E-state index in [0.717, 1.165) is 49.6 Å². The van der Waals surface area contributed by atoms with E-state index in [1.165, 1.54) is 10.4 Å². The molecule has 4 nitrogen and oxygen atoms in total. The average molecular weight is 346 g/mol. The molecule has 2 heterocycles. The lowest BCUT2D eigenvalue weighted by Gasteiger charge is -2.31. The van der Waals surface area contributed by atoms with Crippen LogP contribution in [0.15, 0.2) is 30.3 Å². The molecule has 0 bridgehead atoms. The van der Waals surface area contributed by atoms with Crippen LogP contribution in [0.2, 0.25) is 0 Å². The first-order valence-electron chi connectivity index (χ1n) is 8.73. The lowest BCUT2D eigenvalue weighted by molar-refractivity contribution is 0.000928. The Morgan fingerprint density at radius 3 is 2.71 bits per heavy atom. The zero-order valence-electron chi connectivity index (χ0n) is 14.3. The summed E-state index contributed by atoms with van der Waals surface area (Å²) in [5, 5.41) is 9.94. The van der Waals surface area contributed by atoms with Crippen molar-refractivity contribution in [1.29, 1.82) is 0 Å². The summed E-state index contributed by atoms with van der Waals surface area (Å²) in [7, 11) is 0. The lowest BCUT2D eigenvalue weighted by atomic mass is 10.1. The highest BCUT2D eigenvalue weighted by atomic mass is 32.1. The number of aryl methyl sites for hydroxylation is 1. The third-order valence-corrected chi connectivity index (χ3v) is 5.66. The van der Waals surface area contributed by atoms with Crippen molar-refractivity contribution in [3.63, 3.8) is 0 Å². The largest absolute Gasteiger partial charge is 0.396 e. The number of aliphatic hydroxyl groups excluding tert-OH is 1. The van der Waals surface area contributed by atoms with E-state index in [9.17, 15) is 0 Å². The molecule has 1 fully saturated rings.